The topological polar surface area (TPSA) is 46.9 Å². The second-order valence-corrected chi connectivity index (χ2v) is 6.65. The minimum absolute atomic E-state index is 0.263. The van der Waals surface area contributed by atoms with E-state index >= 15 is 0 Å². The number of nitrogens with one attached hydrogen (secondary N) is 1. The van der Waals surface area contributed by atoms with Crippen molar-refractivity contribution in [2.24, 2.45) is 0 Å². The molecule has 0 bridgehead atoms. The van der Waals surface area contributed by atoms with Gasteiger partial charge in [0.1, 0.15) is 11.6 Å². The number of aromatic nitrogens is 2. The summed E-state index contributed by atoms with van der Waals surface area (Å²) in [5.74, 6) is 0.539. The molecule has 1 N–H and O–H groups in total. The zero-order chi connectivity index (χ0) is 18.6. The standard InChI is InChI=1S/C22H20FN3O/c23-18-7-3-5-16(13-18)10-11-22(27)24-19-8-4-6-17(14-19)20-15-26-12-2-1-9-21(26)25-20/h3-8,10-11,13-15H,1-2,9,12H2,(H,24,27)/b11-10+. The zero-order valence-electron chi connectivity index (χ0n) is 14.9. The van der Waals surface area contributed by atoms with Crippen LogP contribution in [0.1, 0.15) is 24.2 Å². The van der Waals surface area contributed by atoms with Crippen LogP contribution >= 0.6 is 0 Å². The number of carbonyl (C=O) groups is 1. The Labute approximate surface area is 157 Å². The smallest absolute Gasteiger partial charge is 0.248 e. The summed E-state index contributed by atoms with van der Waals surface area (Å²) in [7, 11) is 0. The van der Waals surface area contributed by atoms with E-state index in [1.807, 2.05) is 24.3 Å². The number of hydrogen-bond donors (Lipinski definition) is 1. The normalized spacial score (nSPS) is 13.5. The van der Waals surface area contributed by atoms with Crippen LogP contribution in [0.5, 0.6) is 0 Å². The quantitative estimate of drug-likeness (QED) is 0.686. The van der Waals surface area contributed by atoms with E-state index in [-0.39, 0.29) is 11.7 Å². The average Bonchev–Trinajstić information content (AvgIpc) is 3.11. The van der Waals surface area contributed by atoms with E-state index < -0.39 is 0 Å². The lowest BCUT2D eigenvalue weighted by atomic mass is 10.1. The number of aryl methyl sites for hydroxylation is 2. The molecule has 0 fully saturated rings. The van der Waals surface area contributed by atoms with Crippen LogP contribution in [0.3, 0.4) is 0 Å². The van der Waals surface area contributed by atoms with Gasteiger partial charge in [0.05, 0.1) is 5.69 Å². The molecule has 136 valence electrons. The van der Waals surface area contributed by atoms with Crippen molar-refractivity contribution in [1.29, 1.82) is 0 Å². The summed E-state index contributed by atoms with van der Waals surface area (Å²) in [5.41, 5.74) is 3.25. The van der Waals surface area contributed by atoms with Crippen LogP contribution in [0, 0.1) is 5.82 Å². The number of halogens is 1. The number of amides is 1. The highest BCUT2D eigenvalue weighted by molar-refractivity contribution is 6.02. The van der Waals surface area contributed by atoms with Crippen molar-refractivity contribution < 1.29 is 9.18 Å². The van der Waals surface area contributed by atoms with Crippen LogP contribution < -0.4 is 5.32 Å². The molecule has 0 radical (unpaired) electrons. The molecule has 1 aliphatic heterocycles. The third-order valence-electron chi connectivity index (χ3n) is 4.61. The molecule has 0 spiro atoms. The Morgan fingerprint density at radius 1 is 1.15 bits per heavy atom. The molecule has 3 aromatic rings. The number of nitrogens with zero attached hydrogens (tertiary/aromatic N) is 2. The van der Waals surface area contributed by atoms with Gasteiger partial charge in [-0.1, -0.05) is 24.3 Å². The van der Waals surface area contributed by atoms with Crippen molar-refractivity contribution in [1.82, 2.24) is 9.55 Å². The van der Waals surface area contributed by atoms with Gasteiger partial charge < -0.3 is 9.88 Å². The fourth-order valence-electron chi connectivity index (χ4n) is 3.27. The summed E-state index contributed by atoms with van der Waals surface area (Å²) in [5, 5.41) is 2.84. The molecular formula is C22H20FN3O. The van der Waals surface area contributed by atoms with Crippen LogP contribution in [-0.4, -0.2) is 15.5 Å². The van der Waals surface area contributed by atoms with Gasteiger partial charge in [-0.05, 0) is 48.7 Å². The van der Waals surface area contributed by atoms with E-state index in [2.05, 4.69) is 16.1 Å². The summed E-state index contributed by atoms with van der Waals surface area (Å²) in [6.45, 7) is 1.02. The van der Waals surface area contributed by atoms with Gasteiger partial charge >= 0.3 is 0 Å². The lowest BCUT2D eigenvalue weighted by molar-refractivity contribution is -0.111. The molecule has 1 aliphatic rings. The average molecular weight is 361 g/mol. The Kier molecular flexibility index (Phi) is 4.83. The van der Waals surface area contributed by atoms with Gasteiger partial charge in [0.2, 0.25) is 5.91 Å². The third kappa shape index (κ3) is 4.14. The Hall–Kier alpha value is -3.21. The van der Waals surface area contributed by atoms with Gasteiger partial charge in [-0.25, -0.2) is 9.37 Å². The van der Waals surface area contributed by atoms with E-state index in [0.717, 1.165) is 30.0 Å². The molecule has 1 amide bonds. The number of hydrogen-bond acceptors (Lipinski definition) is 2. The van der Waals surface area contributed by atoms with Crippen molar-refractivity contribution >= 4 is 17.7 Å². The number of benzene rings is 2. The van der Waals surface area contributed by atoms with Crippen molar-refractivity contribution in [2.75, 3.05) is 5.32 Å². The van der Waals surface area contributed by atoms with Crippen LogP contribution in [0.2, 0.25) is 0 Å². The van der Waals surface area contributed by atoms with Gasteiger partial charge in [-0.3, -0.25) is 4.79 Å². The van der Waals surface area contributed by atoms with E-state index in [1.165, 1.54) is 31.1 Å². The molecule has 0 saturated heterocycles. The van der Waals surface area contributed by atoms with E-state index in [9.17, 15) is 9.18 Å². The van der Waals surface area contributed by atoms with Gasteiger partial charge in [-0.15, -0.1) is 0 Å². The molecule has 2 aromatic carbocycles. The number of imidazole rings is 1. The van der Waals surface area contributed by atoms with Crippen LogP contribution in [0.4, 0.5) is 10.1 Å². The highest BCUT2D eigenvalue weighted by Gasteiger charge is 2.13. The van der Waals surface area contributed by atoms with Crippen molar-refractivity contribution in [3.8, 4) is 11.3 Å². The molecule has 4 nitrogen and oxygen atoms in total. The van der Waals surface area contributed by atoms with Gasteiger partial charge in [0, 0.05) is 36.5 Å². The summed E-state index contributed by atoms with van der Waals surface area (Å²) >= 11 is 0. The van der Waals surface area contributed by atoms with Gasteiger partial charge in [0.25, 0.3) is 0 Å². The number of fused-ring (bicyclic) bond motifs is 1. The molecular weight excluding hydrogens is 341 g/mol. The molecule has 0 unspecified atom stereocenters. The highest BCUT2D eigenvalue weighted by Crippen LogP contribution is 2.24. The lowest BCUT2D eigenvalue weighted by Gasteiger charge is -2.11. The van der Waals surface area contributed by atoms with Gasteiger partial charge in [-0.2, -0.15) is 0 Å². The maximum Gasteiger partial charge on any atom is 0.248 e. The molecule has 0 aliphatic carbocycles. The van der Waals surface area contributed by atoms with Gasteiger partial charge in [0.15, 0.2) is 0 Å². The molecule has 4 rings (SSSR count). The number of rotatable bonds is 4. The second-order valence-electron chi connectivity index (χ2n) is 6.65. The first-order valence-corrected chi connectivity index (χ1v) is 9.08. The maximum atomic E-state index is 13.2. The number of anilines is 1. The predicted molar refractivity (Wildman–Crippen MR) is 105 cm³/mol. The van der Waals surface area contributed by atoms with E-state index in [4.69, 9.17) is 4.98 Å². The van der Waals surface area contributed by atoms with Crippen molar-refractivity contribution in [3.05, 3.63) is 78.0 Å². The van der Waals surface area contributed by atoms with Crippen LogP contribution in [-0.2, 0) is 17.8 Å². The lowest BCUT2D eigenvalue weighted by Crippen LogP contribution is -2.08. The largest absolute Gasteiger partial charge is 0.334 e. The minimum atomic E-state index is -0.326. The minimum Gasteiger partial charge on any atom is -0.334 e. The van der Waals surface area contributed by atoms with E-state index in [1.54, 1.807) is 18.2 Å². The molecule has 5 heteroatoms. The van der Waals surface area contributed by atoms with E-state index in [0.29, 0.717) is 11.3 Å². The molecule has 0 saturated carbocycles. The SMILES string of the molecule is O=C(/C=C/c1cccc(F)c1)Nc1cccc(-c2cn3c(n2)CCCC3)c1. The maximum absolute atomic E-state index is 13.2. The second kappa shape index (κ2) is 7.58. The third-order valence-corrected chi connectivity index (χ3v) is 4.61. The van der Waals surface area contributed by atoms with Crippen LogP contribution in [0.15, 0.2) is 60.8 Å². The zero-order valence-corrected chi connectivity index (χ0v) is 14.9. The fraction of sp³-hybridized carbons (Fsp3) is 0.182. The van der Waals surface area contributed by atoms with Crippen molar-refractivity contribution in [2.45, 2.75) is 25.8 Å². The molecule has 0 atom stereocenters. The first-order chi connectivity index (χ1) is 13.2. The summed E-state index contributed by atoms with van der Waals surface area (Å²) in [6, 6.07) is 13.8. The number of carbonyl (C=O) groups excluding carboxylic acids is 1. The Morgan fingerprint density at radius 3 is 2.89 bits per heavy atom. The predicted octanol–water partition coefficient (Wildman–Crippen LogP) is 4.68. The Balaban J connectivity index is 1.47. The monoisotopic (exact) mass is 361 g/mol. The fourth-order valence-corrected chi connectivity index (χ4v) is 3.27. The summed E-state index contributed by atoms with van der Waals surface area (Å²) in [4.78, 5) is 16.9. The Bertz CT molecular complexity index is 983. The molecule has 1 aromatic heterocycles. The Morgan fingerprint density at radius 2 is 2.04 bits per heavy atom. The van der Waals surface area contributed by atoms with Crippen molar-refractivity contribution in [3.63, 3.8) is 0 Å². The first-order valence-electron chi connectivity index (χ1n) is 9.08. The molecule has 27 heavy (non-hydrogen) atoms. The first kappa shape index (κ1) is 17.2. The highest BCUT2D eigenvalue weighted by atomic mass is 19.1. The summed E-state index contributed by atoms with van der Waals surface area (Å²) in [6.07, 6.45) is 8.46. The van der Waals surface area contributed by atoms with Crippen LogP contribution in [0.25, 0.3) is 17.3 Å². The summed E-state index contributed by atoms with van der Waals surface area (Å²) < 4.78 is 15.4. The molecule has 2 heterocycles.